The highest BCUT2D eigenvalue weighted by Gasteiger charge is 2.30. The fraction of sp³-hybridized carbons (Fsp3) is 0.333. The Morgan fingerprint density at radius 3 is 2.28 bits per heavy atom. The molecular formula is C12H12F2O3S. The first-order valence-electron chi connectivity index (χ1n) is 5.01. The van der Waals surface area contributed by atoms with Crippen molar-refractivity contribution < 1.29 is 21.9 Å². The topological polar surface area (TPSA) is 43.4 Å². The van der Waals surface area contributed by atoms with Gasteiger partial charge in [-0.2, -0.15) is 8.78 Å². The molecule has 0 aliphatic carbocycles. The van der Waals surface area contributed by atoms with Crippen LogP contribution in [0.2, 0.25) is 0 Å². The quantitative estimate of drug-likeness (QED) is 0.792. The predicted molar refractivity (Wildman–Crippen MR) is 63.2 cm³/mol. The largest absolute Gasteiger partial charge is 0.432 e. The lowest BCUT2D eigenvalue weighted by Crippen LogP contribution is -2.23. The monoisotopic (exact) mass is 274 g/mol. The van der Waals surface area contributed by atoms with E-state index < -0.39 is 22.4 Å². The van der Waals surface area contributed by atoms with Crippen molar-refractivity contribution in [3.63, 3.8) is 0 Å². The minimum absolute atomic E-state index is 0.0477. The van der Waals surface area contributed by atoms with Crippen molar-refractivity contribution in [1.82, 2.24) is 0 Å². The van der Waals surface area contributed by atoms with Crippen molar-refractivity contribution >= 4 is 9.84 Å². The summed E-state index contributed by atoms with van der Waals surface area (Å²) in [7, 11) is -3.34. The molecular weight excluding hydrogens is 262 g/mol. The van der Waals surface area contributed by atoms with E-state index in [1.54, 1.807) is 0 Å². The fourth-order valence-corrected chi connectivity index (χ4v) is 1.79. The Morgan fingerprint density at radius 2 is 1.83 bits per heavy atom. The highest BCUT2D eigenvalue weighted by molar-refractivity contribution is 7.90. The minimum atomic E-state index is -3.39. The molecule has 0 bridgehead atoms. The van der Waals surface area contributed by atoms with E-state index in [4.69, 9.17) is 0 Å². The number of ether oxygens (including phenoxy) is 1. The van der Waals surface area contributed by atoms with E-state index in [1.807, 2.05) is 0 Å². The van der Waals surface area contributed by atoms with Crippen molar-refractivity contribution in [2.45, 2.75) is 24.3 Å². The minimum Gasteiger partial charge on any atom is -0.432 e. The van der Waals surface area contributed by atoms with Crippen LogP contribution in [0.5, 0.6) is 5.75 Å². The van der Waals surface area contributed by atoms with E-state index >= 15 is 0 Å². The fourth-order valence-electron chi connectivity index (χ4n) is 1.15. The van der Waals surface area contributed by atoms with Crippen LogP contribution in [0.25, 0.3) is 0 Å². The van der Waals surface area contributed by atoms with Crippen molar-refractivity contribution in [3.8, 4) is 17.6 Å². The van der Waals surface area contributed by atoms with Gasteiger partial charge >= 0.3 is 6.11 Å². The van der Waals surface area contributed by atoms with Crippen molar-refractivity contribution in [3.05, 3.63) is 24.3 Å². The Kier molecular flexibility index (Phi) is 4.30. The highest BCUT2D eigenvalue weighted by atomic mass is 32.2. The first kappa shape index (κ1) is 14.5. The van der Waals surface area contributed by atoms with Crippen molar-refractivity contribution in [1.29, 1.82) is 0 Å². The molecule has 0 aliphatic rings. The average molecular weight is 274 g/mol. The molecule has 18 heavy (non-hydrogen) atoms. The molecule has 1 aromatic carbocycles. The van der Waals surface area contributed by atoms with Crippen LogP contribution in [0, 0.1) is 11.8 Å². The molecule has 1 rings (SSSR count). The summed E-state index contributed by atoms with van der Waals surface area (Å²) in [5, 5.41) is 0. The lowest BCUT2D eigenvalue weighted by molar-refractivity contribution is -0.170. The second kappa shape index (κ2) is 5.36. The molecule has 0 fully saturated rings. The molecule has 0 saturated carbocycles. The molecule has 0 N–H and O–H groups in total. The summed E-state index contributed by atoms with van der Waals surface area (Å²) >= 11 is 0. The van der Waals surface area contributed by atoms with E-state index in [-0.39, 0.29) is 10.6 Å². The van der Waals surface area contributed by atoms with Gasteiger partial charge < -0.3 is 4.74 Å². The third-order valence-electron chi connectivity index (χ3n) is 1.99. The molecule has 0 unspecified atom stereocenters. The highest BCUT2D eigenvalue weighted by Crippen LogP contribution is 2.25. The summed E-state index contributed by atoms with van der Waals surface area (Å²) in [4.78, 5) is 0.0477. The normalized spacial score (nSPS) is 11.6. The van der Waals surface area contributed by atoms with Gasteiger partial charge in [-0.1, -0.05) is 5.92 Å². The smallest absolute Gasteiger partial charge is 0.409 e. The molecule has 0 aliphatic heterocycles. The first-order valence-corrected chi connectivity index (χ1v) is 6.90. The Hall–Kier alpha value is -1.61. The van der Waals surface area contributed by atoms with Gasteiger partial charge in [0.1, 0.15) is 12.2 Å². The number of hydrogen-bond donors (Lipinski definition) is 0. The second-order valence-electron chi connectivity index (χ2n) is 3.59. The Bertz CT molecular complexity index is 566. The molecule has 0 saturated heterocycles. The SMILES string of the molecule is CC#CCC(F)(F)Oc1ccc(S(C)(=O)=O)cc1. The zero-order valence-corrected chi connectivity index (χ0v) is 10.7. The maximum atomic E-state index is 13.2. The Morgan fingerprint density at radius 1 is 1.28 bits per heavy atom. The van der Waals surface area contributed by atoms with Crippen LogP contribution in [-0.2, 0) is 9.84 Å². The van der Waals surface area contributed by atoms with Gasteiger partial charge in [0.05, 0.1) is 4.90 Å². The van der Waals surface area contributed by atoms with Gasteiger partial charge in [0.15, 0.2) is 9.84 Å². The van der Waals surface area contributed by atoms with Gasteiger partial charge in [0.25, 0.3) is 0 Å². The summed E-state index contributed by atoms with van der Waals surface area (Å²) in [6.45, 7) is 1.46. The third-order valence-corrected chi connectivity index (χ3v) is 3.12. The lowest BCUT2D eigenvalue weighted by Gasteiger charge is -2.15. The summed E-state index contributed by atoms with van der Waals surface area (Å²) in [5.74, 6) is 4.47. The standard InChI is InChI=1S/C12H12F2O3S/c1-3-4-9-12(13,14)17-10-5-7-11(8-6-10)18(2,15)16/h5-8H,9H2,1-2H3. The van der Waals surface area contributed by atoms with Gasteiger partial charge in [-0.25, -0.2) is 8.42 Å². The molecule has 1 aromatic rings. The zero-order valence-electron chi connectivity index (χ0n) is 9.91. The van der Waals surface area contributed by atoms with Crippen LogP contribution < -0.4 is 4.74 Å². The van der Waals surface area contributed by atoms with Gasteiger partial charge in [0.2, 0.25) is 0 Å². The number of benzene rings is 1. The summed E-state index contributed by atoms with van der Waals surface area (Å²) in [6.07, 6.45) is -3.07. The van der Waals surface area contributed by atoms with Gasteiger partial charge in [0, 0.05) is 6.26 Å². The average Bonchev–Trinajstić information content (AvgIpc) is 2.25. The Labute approximate surface area is 105 Å². The van der Waals surface area contributed by atoms with Crippen molar-refractivity contribution in [2.24, 2.45) is 0 Å². The number of sulfone groups is 1. The van der Waals surface area contributed by atoms with E-state index in [0.717, 1.165) is 6.26 Å². The molecule has 3 nitrogen and oxygen atoms in total. The molecule has 0 spiro atoms. The number of alkyl halides is 2. The van der Waals surface area contributed by atoms with Gasteiger partial charge in [-0.3, -0.25) is 0 Å². The van der Waals surface area contributed by atoms with Crippen LogP contribution in [0.1, 0.15) is 13.3 Å². The maximum Gasteiger partial charge on any atom is 0.409 e. The van der Waals surface area contributed by atoms with Crippen LogP contribution in [0.4, 0.5) is 8.78 Å². The molecule has 98 valence electrons. The lowest BCUT2D eigenvalue weighted by atomic mass is 10.3. The van der Waals surface area contributed by atoms with E-state index in [0.29, 0.717) is 0 Å². The van der Waals surface area contributed by atoms with Crippen LogP contribution in [0.3, 0.4) is 0 Å². The molecule has 0 atom stereocenters. The third kappa shape index (κ3) is 4.34. The number of halogens is 2. The van der Waals surface area contributed by atoms with E-state index in [9.17, 15) is 17.2 Å². The van der Waals surface area contributed by atoms with Crippen LogP contribution in [0.15, 0.2) is 29.2 Å². The van der Waals surface area contributed by atoms with Crippen LogP contribution in [-0.4, -0.2) is 20.8 Å². The van der Waals surface area contributed by atoms with Crippen molar-refractivity contribution in [2.75, 3.05) is 6.26 Å². The Balaban J connectivity index is 2.83. The second-order valence-corrected chi connectivity index (χ2v) is 5.60. The zero-order chi connectivity index (χ0) is 13.8. The molecule has 0 heterocycles. The van der Waals surface area contributed by atoms with E-state index in [1.165, 1.54) is 31.2 Å². The number of rotatable bonds is 4. The molecule has 0 aromatic heterocycles. The summed E-state index contributed by atoms with van der Waals surface area (Å²) in [6, 6.07) is 4.80. The predicted octanol–water partition coefficient (Wildman–Crippen LogP) is 2.48. The summed E-state index contributed by atoms with van der Waals surface area (Å²) < 4.78 is 53.1. The first-order chi connectivity index (χ1) is 8.24. The number of hydrogen-bond acceptors (Lipinski definition) is 3. The molecule has 0 radical (unpaired) electrons. The molecule has 0 amide bonds. The van der Waals surface area contributed by atoms with E-state index in [2.05, 4.69) is 16.6 Å². The molecule has 6 heteroatoms. The van der Waals surface area contributed by atoms with Gasteiger partial charge in [-0.15, -0.1) is 5.92 Å². The maximum absolute atomic E-state index is 13.2. The van der Waals surface area contributed by atoms with Gasteiger partial charge in [-0.05, 0) is 31.2 Å². The van der Waals surface area contributed by atoms with Crippen LogP contribution >= 0.6 is 0 Å². The summed E-state index contributed by atoms with van der Waals surface area (Å²) in [5.41, 5.74) is 0.